The number of para-hydroxylation sites is 1. The van der Waals surface area contributed by atoms with Gasteiger partial charge in [-0.25, -0.2) is 0 Å². The molecule has 3 nitrogen and oxygen atoms in total. The Morgan fingerprint density at radius 3 is 2.88 bits per heavy atom. The molecular formula is C13H18N2OS. The van der Waals surface area contributed by atoms with Gasteiger partial charge in [0, 0.05) is 41.9 Å². The van der Waals surface area contributed by atoms with Crippen molar-refractivity contribution in [1.82, 2.24) is 0 Å². The van der Waals surface area contributed by atoms with Gasteiger partial charge in [0.15, 0.2) is 0 Å². The third kappa shape index (κ3) is 2.18. The molecule has 0 aromatic heterocycles. The van der Waals surface area contributed by atoms with Crippen LogP contribution in [0.3, 0.4) is 0 Å². The lowest BCUT2D eigenvalue weighted by atomic mass is 10.0. The molecular weight excluding hydrogens is 232 g/mol. The van der Waals surface area contributed by atoms with Crippen LogP contribution < -0.4 is 10.2 Å². The van der Waals surface area contributed by atoms with E-state index in [1.807, 2.05) is 0 Å². The second kappa shape index (κ2) is 4.69. The molecule has 92 valence electrons. The molecule has 3 rings (SSSR count). The molecule has 0 atom stereocenters. The van der Waals surface area contributed by atoms with Crippen molar-refractivity contribution in [3.8, 4) is 0 Å². The highest BCUT2D eigenvalue weighted by Crippen LogP contribution is 2.33. The first-order valence-corrected chi connectivity index (χ1v) is 7.79. The average Bonchev–Trinajstić information content (AvgIpc) is 2.39. The summed E-state index contributed by atoms with van der Waals surface area (Å²) in [7, 11) is -0.598. The van der Waals surface area contributed by atoms with E-state index in [9.17, 15) is 4.21 Å². The molecule has 0 aliphatic carbocycles. The predicted molar refractivity (Wildman–Crippen MR) is 73.3 cm³/mol. The maximum atomic E-state index is 11.4. The van der Waals surface area contributed by atoms with Gasteiger partial charge in [-0.05, 0) is 24.5 Å². The van der Waals surface area contributed by atoms with E-state index in [2.05, 4.69) is 28.4 Å². The Morgan fingerprint density at radius 1 is 1.24 bits per heavy atom. The molecule has 1 aromatic rings. The first-order chi connectivity index (χ1) is 8.34. The van der Waals surface area contributed by atoms with E-state index in [0.717, 1.165) is 31.1 Å². The van der Waals surface area contributed by atoms with E-state index >= 15 is 0 Å². The van der Waals surface area contributed by atoms with Gasteiger partial charge in [0.05, 0.1) is 11.4 Å². The lowest BCUT2D eigenvalue weighted by Gasteiger charge is -2.32. The molecule has 0 spiro atoms. The van der Waals surface area contributed by atoms with E-state index in [1.165, 1.54) is 29.8 Å². The van der Waals surface area contributed by atoms with Crippen LogP contribution in [0.2, 0.25) is 0 Å². The highest BCUT2D eigenvalue weighted by molar-refractivity contribution is 7.85. The number of nitrogens with zero attached hydrogens (tertiary/aromatic N) is 1. The predicted octanol–water partition coefficient (Wildman–Crippen LogP) is 1.61. The molecule has 0 radical (unpaired) electrons. The number of nitrogens with one attached hydrogen (secondary N) is 1. The van der Waals surface area contributed by atoms with Crippen LogP contribution in [0.1, 0.15) is 12.0 Å². The van der Waals surface area contributed by atoms with Crippen LogP contribution >= 0.6 is 0 Å². The molecule has 0 unspecified atom stereocenters. The molecule has 1 saturated heterocycles. The number of benzene rings is 1. The van der Waals surface area contributed by atoms with E-state index < -0.39 is 10.8 Å². The zero-order valence-electron chi connectivity index (χ0n) is 9.95. The number of anilines is 2. The summed E-state index contributed by atoms with van der Waals surface area (Å²) < 4.78 is 11.4. The van der Waals surface area contributed by atoms with Crippen molar-refractivity contribution in [2.75, 3.05) is 41.4 Å². The standard InChI is InChI=1S/C13H18N2OS/c16-17-9-7-15(8-10-17)12-5-1-3-11-4-2-6-14-13(11)12/h1,3,5,14H,2,4,6-10H2. The van der Waals surface area contributed by atoms with Crippen LogP contribution in [0.25, 0.3) is 0 Å². The van der Waals surface area contributed by atoms with Gasteiger partial charge < -0.3 is 10.2 Å². The van der Waals surface area contributed by atoms with E-state index in [0.29, 0.717) is 0 Å². The van der Waals surface area contributed by atoms with Crippen LogP contribution in [-0.4, -0.2) is 35.3 Å². The van der Waals surface area contributed by atoms with Gasteiger partial charge in [0.25, 0.3) is 0 Å². The van der Waals surface area contributed by atoms with Crippen molar-refractivity contribution >= 4 is 22.2 Å². The van der Waals surface area contributed by atoms with Gasteiger partial charge in [-0.15, -0.1) is 0 Å². The monoisotopic (exact) mass is 250 g/mol. The van der Waals surface area contributed by atoms with Crippen molar-refractivity contribution in [1.29, 1.82) is 0 Å². The smallest absolute Gasteiger partial charge is 0.0610 e. The quantitative estimate of drug-likeness (QED) is 0.822. The van der Waals surface area contributed by atoms with Crippen molar-refractivity contribution in [3.05, 3.63) is 23.8 Å². The number of fused-ring (bicyclic) bond motifs is 1. The van der Waals surface area contributed by atoms with Crippen LogP contribution in [0.5, 0.6) is 0 Å². The lowest BCUT2D eigenvalue weighted by molar-refractivity contribution is 0.673. The maximum absolute atomic E-state index is 11.4. The van der Waals surface area contributed by atoms with Gasteiger partial charge >= 0.3 is 0 Å². The first-order valence-electron chi connectivity index (χ1n) is 6.30. The first kappa shape index (κ1) is 11.1. The second-order valence-electron chi connectivity index (χ2n) is 4.68. The second-order valence-corrected chi connectivity index (χ2v) is 6.37. The summed E-state index contributed by atoms with van der Waals surface area (Å²) in [6, 6.07) is 6.55. The third-order valence-corrected chi connectivity index (χ3v) is 4.85. The molecule has 17 heavy (non-hydrogen) atoms. The van der Waals surface area contributed by atoms with Crippen molar-refractivity contribution in [3.63, 3.8) is 0 Å². The minimum Gasteiger partial charge on any atom is -0.383 e. The van der Waals surface area contributed by atoms with Crippen LogP contribution in [0.15, 0.2) is 18.2 Å². The molecule has 0 saturated carbocycles. The molecule has 4 heteroatoms. The van der Waals surface area contributed by atoms with E-state index in [4.69, 9.17) is 0 Å². The van der Waals surface area contributed by atoms with Gasteiger partial charge in [0.1, 0.15) is 0 Å². The SMILES string of the molecule is O=S1CCN(c2cccc3c2NCCC3)CC1. The highest BCUT2D eigenvalue weighted by Gasteiger charge is 2.20. The molecule has 0 bridgehead atoms. The fourth-order valence-electron chi connectivity index (χ4n) is 2.63. The van der Waals surface area contributed by atoms with Gasteiger partial charge in [-0.3, -0.25) is 4.21 Å². The zero-order chi connectivity index (χ0) is 11.7. The van der Waals surface area contributed by atoms with Crippen molar-refractivity contribution in [2.24, 2.45) is 0 Å². The van der Waals surface area contributed by atoms with Gasteiger partial charge in [-0.2, -0.15) is 0 Å². The fourth-order valence-corrected chi connectivity index (χ4v) is 3.69. The Bertz CT molecular complexity index is 437. The largest absolute Gasteiger partial charge is 0.383 e. The maximum Gasteiger partial charge on any atom is 0.0610 e. The zero-order valence-corrected chi connectivity index (χ0v) is 10.8. The molecule has 2 aliphatic rings. The number of hydrogen-bond donors (Lipinski definition) is 1. The van der Waals surface area contributed by atoms with Crippen molar-refractivity contribution < 1.29 is 4.21 Å². The molecule has 0 amide bonds. The minimum absolute atomic E-state index is 0.598. The van der Waals surface area contributed by atoms with E-state index in [1.54, 1.807) is 0 Å². The normalized spacial score (nSPS) is 20.8. The number of aryl methyl sites for hydroxylation is 1. The summed E-state index contributed by atoms with van der Waals surface area (Å²) in [5, 5.41) is 3.52. The Hall–Kier alpha value is -1.03. The topological polar surface area (TPSA) is 32.3 Å². The Labute approximate surface area is 105 Å². The minimum atomic E-state index is -0.598. The van der Waals surface area contributed by atoms with Crippen LogP contribution in [0, 0.1) is 0 Å². The molecule has 1 fully saturated rings. The van der Waals surface area contributed by atoms with Crippen molar-refractivity contribution in [2.45, 2.75) is 12.8 Å². The Kier molecular flexibility index (Phi) is 3.05. The summed E-state index contributed by atoms with van der Waals surface area (Å²) in [4.78, 5) is 2.37. The van der Waals surface area contributed by atoms with E-state index in [-0.39, 0.29) is 0 Å². The molecule has 1 aromatic carbocycles. The fraction of sp³-hybridized carbons (Fsp3) is 0.538. The summed E-state index contributed by atoms with van der Waals surface area (Å²) in [6.45, 7) is 2.92. The summed E-state index contributed by atoms with van der Waals surface area (Å²) in [6.07, 6.45) is 2.40. The number of hydrogen-bond acceptors (Lipinski definition) is 3. The Balaban J connectivity index is 1.89. The molecule has 2 heterocycles. The Morgan fingerprint density at radius 2 is 2.06 bits per heavy atom. The summed E-state index contributed by atoms with van der Waals surface area (Å²) >= 11 is 0. The van der Waals surface area contributed by atoms with Gasteiger partial charge in [-0.1, -0.05) is 12.1 Å². The highest BCUT2D eigenvalue weighted by atomic mass is 32.2. The van der Waals surface area contributed by atoms with Crippen LogP contribution in [-0.2, 0) is 17.2 Å². The molecule has 1 N–H and O–H groups in total. The lowest BCUT2D eigenvalue weighted by Crippen LogP contribution is -2.38. The van der Waals surface area contributed by atoms with Gasteiger partial charge in [0.2, 0.25) is 0 Å². The third-order valence-electron chi connectivity index (χ3n) is 3.57. The van der Waals surface area contributed by atoms with Crippen LogP contribution in [0.4, 0.5) is 11.4 Å². The molecule has 2 aliphatic heterocycles. The summed E-state index contributed by atoms with van der Waals surface area (Å²) in [5.74, 6) is 1.62. The average molecular weight is 250 g/mol. The number of rotatable bonds is 1. The summed E-state index contributed by atoms with van der Waals surface area (Å²) in [5.41, 5.74) is 4.05.